The number of fused-ring (bicyclic) bond motifs is 1. The first-order valence-electron chi connectivity index (χ1n) is 6.77. The molecular weight excluding hydrogens is 260 g/mol. The minimum Gasteiger partial charge on any atom is -0.486 e. The first kappa shape index (κ1) is 13.1. The second-order valence-corrected chi connectivity index (χ2v) is 5.62. The van der Waals surface area contributed by atoms with Gasteiger partial charge in [-0.3, -0.25) is 4.90 Å². The molecule has 1 aromatic rings. The maximum atomic E-state index is 5.80. The van der Waals surface area contributed by atoms with E-state index in [0.29, 0.717) is 13.2 Å². The second kappa shape index (κ2) is 6.03. The summed E-state index contributed by atoms with van der Waals surface area (Å²) in [6.07, 6.45) is 2.11. The highest BCUT2D eigenvalue weighted by molar-refractivity contribution is 7.98. The van der Waals surface area contributed by atoms with Crippen LogP contribution in [0.25, 0.3) is 0 Å². The van der Waals surface area contributed by atoms with Gasteiger partial charge in [0.25, 0.3) is 0 Å². The summed E-state index contributed by atoms with van der Waals surface area (Å²) in [5.41, 5.74) is 1.35. The van der Waals surface area contributed by atoms with Gasteiger partial charge in [0.05, 0.1) is 4.90 Å². The fourth-order valence-corrected chi connectivity index (χ4v) is 3.33. The van der Waals surface area contributed by atoms with Gasteiger partial charge in [-0.05, 0) is 17.9 Å². The van der Waals surface area contributed by atoms with Crippen LogP contribution >= 0.6 is 11.8 Å². The van der Waals surface area contributed by atoms with Crippen molar-refractivity contribution in [2.24, 2.45) is 0 Å². The van der Waals surface area contributed by atoms with Gasteiger partial charge in [-0.1, -0.05) is 6.07 Å². The van der Waals surface area contributed by atoms with E-state index in [2.05, 4.69) is 22.5 Å². The largest absolute Gasteiger partial charge is 0.486 e. The molecule has 5 heteroatoms. The van der Waals surface area contributed by atoms with Crippen molar-refractivity contribution in [1.82, 2.24) is 10.2 Å². The summed E-state index contributed by atoms with van der Waals surface area (Å²) in [6.45, 7) is 6.69. The van der Waals surface area contributed by atoms with Gasteiger partial charge in [0.2, 0.25) is 0 Å². The molecule has 2 aliphatic heterocycles. The zero-order chi connectivity index (χ0) is 13.1. The van der Waals surface area contributed by atoms with E-state index in [1.165, 1.54) is 10.5 Å². The minimum absolute atomic E-state index is 0.650. The van der Waals surface area contributed by atoms with Crippen molar-refractivity contribution in [3.05, 3.63) is 17.7 Å². The fourth-order valence-electron chi connectivity index (χ4n) is 2.59. The quantitative estimate of drug-likeness (QED) is 0.850. The summed E-state index contributed by atoms with van der Waals surface area (Å²) in [7, 11) is 0. The van der Waals surface area contributed by atoms with Gasteiger partial charge in [0.15, 0.2) is 11.5 Å². The molecule has 0 aromatic heterocycles. The molecule has 0 spiro atoms. The van der Waals surface area contributed by atoms with Crippen molar-refractivity contribution in [3.8, 4) is 11.5 Å². The third-order valence-corrected chi connectivity index (χ3v) is 4.41. The maximum Gasteiger partial charge on any atom is 0.175 e. The Morgan fingerprint density at radius 3 is 2.79 bits per heavy atom. The third-order valence-electron chi connectivity index (χ3n) is 3.55. The topological polar surface area (TPSA) is 33.7 Å². The van der Waals surface area contributed by atoms with Crippen molar-refractivity contribution in [3.63, 3.8) is 0 Å². The Balaban J connectivity index is 1.83. The highest BCUT2D eigenvalue weighted by Gasteiger charge is 2.20. The summed E-state index contributed by atoms with van der Waals surface area (Å²) in [6, 6.07) is 4.23. The van der Waals surface area contributed by atoms with Crippen LogP contribution in [0.3, 0.4) is 0 Å². The van der Waals surface area contributed by atoms with Crippen LogP contribution in [0.1, 0.15) is 5.56 Å². The number of hydrogen-bond donors (Lipinski definition) is 1. The van der Waals surface area contributed by atoms with E-state index < -0.39 is 0 Å². The van der Waals surface area contributed by atoms with Crippen LogP contribution in [0.5, 0.6) is 11.5 Å². The van der Waals surface area contributed by atoms with Crippen molar-refractivity contribution in [1.29, 1.82) is 0 Å². The molecule has 1 aromatic carbocycles. The Morgan fingerprint density at radius 2 is 2.00 bits per heavy atom. The van der Waals surface area contributed by atoms with E-state index in [-0.39, 0.29) is 0 Å². The Hall–Kier alpha value is -0.910. The van der Waals surface area contributed by atoms with E-state index >= 15 is 0 Å². The number of thioether (sulfide) groups is 1. The monoisotopic (exact) mass is 280 g/mol. The van der Waals surface area contributed by atoms with Gasteiger partial charge >= 0.3 is 0 Å². The average Bonchev–Trinajstić information content (AvgIpc) is 2.48. The predicted octanol–water partition coefficient (Wildman–Crippen LogP) is 1.58. The lowest BCUT2D eigenvalue weighted by atomic mass is 10.1. The van der Waals surface area contributed by atoms with Crippen LogP contribution < -0.4 is 14.8 Å². The van der Waals surface area contributed by atoms with Gasteiger partial charge in [-0.15, -0.1) is 11.8 Å². The average molecular weight is 280 g/mol. The van der Waals surface area contributed by atoms with Crippen molar-refractivity contribution in [2.45, 2.75) is 11.4 Å². The molecule has 2 aliphatic rings. The minimum atomic E-state index is 0.650. The highest BCUT2D eigenvalue weighted by atomic mass is 32.2. The molecule has 0 aliphatic carbocycles. The molecule has 1 fully saturated rings. The zero-order valence-electron chi connectivity index (χ0n) is 11.3. The summed E-state index contributed by atoms with van der Waals surface area (Å²) in [4.78, 5) is 3.72. The van der Waals surface area contributed by atoms with E-state index in [9.17, 15) is 0 Å². The summed E-state index contributed by atoms with van der Waals surface area (Å²) in [5.74, 6) is 1.83. The highest BCUT2D eigenvalue weighted by Crippen LogP contribution is 2.41. The smallest absolute Gasteiger partial charge is 0.175 e. The number of piperazine rings is 1. The molecule has 4 nitrogen and oxygen atoms in total. The first-order valence-corrected chi connectivity index (χ1v) is 7.99. The van der Waals surface area contributed by atoms with E-state index in [4.69, 9.17) is 9.47 Å². The molecule has 104 valence electrons. The van der Waals surface area contributed by atoms with Gasteiger partial charge in [0, 0.05) is 32.7 Å². The number of ether oxygens (including phenoxy) is 2. The maximum absolute atomic E-state index is 5.80. The van der Waals surface area contributed by atoms with Gasteiger partial charge in [-0.25, -0.2) is 0 Å². The number of hydrogen-bond acceptors (Lipinski definition) is 5. The van der Waals surface area contributed by atoms with Gasteiger partial charge in [-0.2, -0.15) is 0 Å². The summed E-state index contributed by atoms with van der Waals surface area (Å²) >= 11 is 1.75. The van der Waals surface area contributed by atoms with Crippen molar-refractivity contribution < 1.29 is 9.47 Å². The molecule has 1 saturated heterocycles. The molecule has 0 bridgehead atoms. The second-order valence-electron chi connectivity index (χ2n) is 4.81. The van der Waals surface area contributed by atoms with Crippen molar-refractivity contribution >= 4 is 11.8 Å². The van der Waals surface area contributed by atoms with Crippen molar-refractivity contribution in [2.75, 3.05) is 45.6 Å². The summed E-state index contributed by atoms with van der Waals surface area (Å²) < 4.78 is 11.4. The molecule has 0 amide bonds. The predicted molar refractivity (Wildman–Crippen MR) is 77.4 cm³/mol. The van der Waals surface area contributed by atoms with Crippen LogP contribution in [0.2, 0.25) is 0 Å². The number of nitrogens with zero attached hydrogens (tertiary/aromatic N) is 1. The van der Waals surface area contributed by atoms with Crippen LogP contribution in [-0.4, -0.2) is 50.5 Å². The molecule has 0 unspecified atom stereocenters. The molecule has 0 atom stereocenters. The SMILES string of the molecule is CSc1c(CN2CCNCC2)ccc2c1OCCO2. The standard InChI is InChI=1S/C14H20N2O2S/c1-19-14-11(10-16-6-4-15-5-7-16)2-3-12-13(14)18-9-8-17-12/h2-3,15H,4-10H2,1H3. The normalized spacial score (nSPS) is 19.4. The van der Waals surface area contributed by atoms with Crippen LogP contribution in [-0.2, 0) is 6.54 Å². The van der Waals surface area contributed by atoms with E-state index in [1.807, 2.05) is 6.07 Å². The summed E-state index contributed by atoms with van der Waals surface area (Å²) in [5, 5.41) is 3.39. The molecule has 1 N–H and O–H groups in total. The molecule has 3 rings (SSSR count). The fraction of sp³-hybridized carbons (Fsp3) is 0.571. The lowest BCUT2D eigenvalue weighted by Gasteiger charge is -2.29. The lowest BCUT2D eigenvalue weighted by molar-refractivity contribution is 0.166. The van der Waals surface area contributed by atoms with E-state index in [0.717, 1.165) is 44.2 Å². The molecule has 2 heterocycles. The first-order chi connectivity index (χ1) is 9.38. The van der Waals surface area contributed by atoms with Crippen LogP contribution in [0, 0.1) is 0 Å². The Labute approximate surface area is 118 Å². The molecule has 0 radical (unpaired) electrons. The number of rotatable bonds is 3. The van der Waals surface area contributed by atoms with Crippen LogP contribution in [0.4, 0.5) is 0 Å². The third kappa shape index (κ3) is 2.83. The Morgan fingerprint density at radius 1 is 1.21 bits per heavy atom. The van der Waals surface area contributed by atoms with E-state index in [1.54, 1.807) is 11.8 Å². The number of benzene rings is 1. The number of nitrogens with one attached hydrogen (secondary N) is 1. The Kier molecular flexibility index (Phi) is 4.15. The van der Waals surface area contributed by atoms with Gasteiger partial charge < -0.3 is 14.8 Å². The zero-order valence-corrected chi connectivity index (χ0v) is 12.1. The Bertz CT molecular complexity index is 447. The molecule has 0 saturated carbocycles. The lowest BCUT2D eigenvalue weighted by Crippen LogP contribution is -2.43. The van der Waals surface area contributed by atoms with Crippen LogP contribution in [0.15, 0.2) is 17.0 Å². The van der Waals surface area contributed by atoms with Gasteiger partial charge in [0.1, 0.15) is 13.2 Å². The molecule has 19 heavy (non-hydrogen) atoms. The molecular formula is C14H20N2O2S.